The highest BCUT2D eigenvalue weighted by Gasteiger charge is 2.17. The Hall–Kier alpha value is -0.980. The van der Waals surface area contributed by atoms with Gasteiger partial charge in [0.25, 0.3) is 0 Å². The molecule has 1 saturated heterocycles. The first kappa shape index (κ1) is 12.5. The minimum absolute atomic E-state index is 0.0323. The van der Waals surface area contributed by atoms with Crippen LogP contribution in [-0.4, -0.2) is 60.0 Å². The number of nitrogens with zero attached hydrogens (tertiary/aromatic N) is 3. The number of hydrogen-bond acceptors (Lipinski definition) is 5. The number of amides is 1. The van der Waals surface area contributed by atoms with Crippen LogP contribution in [0.1, 0.15) is 6.92 Å². The van der Waals surface area contributed by atoms with Crippen LogP contribution in [-0.2, 0) is 4.79 Å². The maximum absolute atomic E-state index is 11.7. The van der Waals surface area contributed by atoms with Crippen molar-refractivity contribution in [3.05, 3.63) is 11.6 Å². The highest BCUT2D eigenvalue weighted by atomic mass is 32.1. The Bertz CT molecular complexity index is 346. The first-order valence-electron chi connectivity index (χ1n) is 5.92. The van der Waals surface area contributed by atoms with Crippen molar-refractivity contribution in [2.24, 2.45) is 0 Å². The van der Waals surface area contributed by atoms with Crippen molar-refractivity contribution in [1.82, 2.24) is 14.8 Å². The molecule has 0 atom stereocenters. The van der Waals surface area contributed by atoms with E-state index in [4.69, 9.17) is 0 Å². The van der Waals surface area contributed by atoms with Crippen LogP contribution in [0.5, 0.6) is 0 Å². The van der Waals surface area contributed by atoms with E-state index < -0.39 is 0 Å². The van der Waals surface area contributed by atoms with Gasteiger partial charge < -0.3 is 10.2 Å². The molecule has 1 aliphatic rings. The predicted molar refractivity (Wildman–Crippen MR) is 69.3 cm³/mol. The van der Waals surface area contributed by atoms with E-state index in [0.29, 0.717) is 11.7 Å². The molecule has 0 aliphatic carbocycles. The Morgan fingerprint density at radius 3 is 2.71 bits per heavy atom. The molecule has 0 radical (unpaired) electrons. The number of likely N-dealkylation sites (N-methyl/N-ethyl adjacent to an activating group) is 1. The average Bonchev–Trinajstić information content (AvgIpc) is 2.82. The van der Waals surface area contributed by atoms with Gasteiger partial charge in [0.1, 0.15) is 0 Å². The Morgan fingerprint density at radius 2 is 2.12 bits per heavy atom. The monoisotopic (exact) mass is 254 g/mol. The maximum atomic E-state index is 11.7. The van der Waals surface area contributed by atoms with E-state index in [2.05, 4.69) is 27.0 Å². The molecule has 1 aromatic heterocycles. The van der Waals surface area contributed by atoms with Gasteiger partial charge in [-0.2, -0.15) is 0 Å². The van der Waals surface area contributed by atoms with Gasteiger partial charge in [0.05, 0.1) is 6.54 Å². The summed E-state index contributed by atoms with van der Waals surface area (Å²) in [5.41, 5.74) is 0. The van der Waals surface area contributed by atoms with Crippen LogP contribution in [0.3, 0.4) is 0 Å². The van der Waals surface area contributed by atoms with Crippen LogP contribution in [0.4, 0.5) is 5.13 Å². The number of nitrogens with one attached hydrogen (secondary N) is 1. The van der Waals surface area contributed by atoms with E-state index >= 15 is 0 Å². The SMILES string of the molecule is CCN1CCN(CC(=O)Nc2nccs2)CC1. The molecule has 1 N–H and O–H groups in total. The molecule has 0 spiro atoms. The third kappa shape index (κ3) is 3.76. The fraction of sp³-hybridized carbons (Fsp3) is 0.636. The summed E-state index contributed by atoms with van der Waals surface area (Å²) in [6.45, 7) is 7.79. The standard InChI is InChI=1S/C11H18N4OS/c1-2-14-4-6-15(7-5-14)9-10(16)13-11-12-3-8-17-11/h3,8H,2,4-7,9H2,1H3,(H,12,13,16). The number of carbonyl (C=O) groups is 1. The third-order valence-corrected chi connectivity index (χ3v) is 3.65. The normalized spacial score (nSPS) is 18.2. The number of piperazine rings is 1. The molecule has 0 saturated carbocycles. The Morgan fingerprint density at radius 1 is 1.41 bits per heavy atom. The van der Waals surface area contributed by atoms with Gasteiger partial charge in [-0.3, -0.25) is 9.69 Å². The summed E-state index contributed by atoms with van der Waals surface area (Å²) in [4.78, 5) is 20.4. The molecule has 2 heterocycles. The summed E-state index contributed by atoms with van der Waals surface area (Å²) < 4.78 is 0. The summed E-state index contributed by atoms with van der Waals surface area (Å²) in [5, 5.41) is 5.35. The van der Waals surface area contributed by atoms with E-state index in [1.54, 1.807) is 6.20 Å². The molecule has 0 bridgehead atoms. The molecular formula is C11H18N4OS. The van der Waals surface area contributed by atoms with Gasteiger partial charge in [0.15, 0.2) is 5.13 Å². The van der Waals surface area contributed by atoms with Crippen LogP contribution >= 0.6 is 11.3 Å². The van der Waals surface area contributed by atoms with Gasteiger partial charge >= 0.3 is 0 Å². The zero-order valence-corrected chi connectivity index (χ0v) is 10.9. The molecule has 1 aliphatic heterocycles. The fourth-order valence-electron chi connectivity index (χ4n) is 1.91. The Kier molecular flexibility index (Phi) is 4.47. The second-order valence-corrected chi connectivity index (χ2v) is 4.99. The molecule has 5 nitrogen and oxygen atoms in total. The summed E-state index contributed by atoms with van der Waals surface area (Å²) in [6.07, 6.45) is 1.69. The topological polar surface area (TPSA) is 48.5 Å². The molecule has 0 aromatic carbocycles. The number of thiazole rings is 1. The Balaban J connectivity index is 1.72. The molecule has 0 unspecified atom stereocenters. The predicted octanol–water partition coefficient (Wildman–Crippen LogP) is 0.719. The smallest absolute Gasteiger partial charge is 0.240 e. The molecule has 1 fully saturated rings. The minimum Gasteiger partial charge on any atom is -0.301 e. The molecule has 17 heavy (non-hydrogen) atoms. The summed E-state index contributed by atoms with van der Waals surface area (Å²) in [7, 11) is 0. The van der Waals surface area contributed by atoms with Gasteiger partial charge in [0, 0.05) is 37.8 Å². The highest BCUT2D eigenvalue weighted by molar-refractivity contribution is 7.13. The van der Waals surface area contributed by atoms with Crippen molar-refractivity contribution in [3.63, 3.8) is 0 Å². The molecule has 1 amide bonds. The molecule has 1 aromatic rings. The van der Waals surface area contributed by atoms with Gasteiger partial charge in [-0.15, -0.1) is 11.3 Å². The van der Waals surface area contributed by atoms with Crippen LogP contribution in [0.25, 0.3) is 0 Å². The van der Waals surface area contributed by atoms with E-state index in [-0.39, 0.29) is 5.91 Å². The van der Waals surface area contributed by atoms with Crippen molar-refractivity contribution in [2.75, 3.05) is 44.6 Å². The van der Waals surface area contributed by atoms with Gasteiger partial charge in [-0.25, -0.2) is 4.98 Å². The van der Waals surface area contributed by atoms with Gasteiger partial charge in [-0.1, -0.05) is 6.92 Å². The summed E-state index contributed by atoms with van der Waals surface area (Å²) >= 11 is 1.45. The lowest BCUT2D eigenvalue weighted by Crippen LogP contribution is -2.48. The van der Waals surface area contributed by atoms with Crippen LogP contribution < -0.4 is 5.32 Å². The third-order valence-electron chi connectivity index (χ3n) is 2.96. The first-order chi connectivity index (χ1) is 8.28. The van der Waals surface area contributed by atoms with E-state index in [9.17, 15) is 4.79 Å². The van der Waals surface area contributed by atoms with Crippen molar-refractivity contribution >= 4 is 22.4 Å². The second kappa shape index (κ2) is 6.09. The zero-order chi connectivity index (χ0) is 12.1. The van der Waals surface area contributed by atoms with Crippen molar-refractivity contribution in [2.45, 2.75) is 6.92 Å². The quantitative estimate of drug-likeness (QED) is 0.860. The van der Waals surface area contributed by atoms with Crippen LogP contribution in [0.2, 0.25) is 0 Å². The maximum Gasteiger partial charge on any atom is 0.240 e. The first-order valence-corrected chi connectivity index (χ1v) is 6.80. The lowest BCUT2D eigenvalue weighted by Gasteiger charge is -2.33. The van der Waals surface area contributed by atoms with E-state index in [0.717, 1.165) is 32.7 Å². The van der Waals surface area contributed by atoms with Crippen LogP contribution in [0.15, 0.2) is 11.6 Å². The largest absolute Gasteiger partial charge is 0.301 e. The second-order valence-electron chi connectivity index (χ2n) is 4.10. The van der Waals surface area contributed by atoms with Crippen molar-refractivity contribution < 1.29 is 4.79 Å². The molecular weight excluding hydrogens is 236 g/mol. The van der Waals surface area contributed by atoms with Gasteiger partial charge in [0.2, 0.25) is 5.91 Å². The minimum atomic E-state index is 0.0323. The molecule has 6 heteroatoms. The molecule has 2 rings (SSSR count). The number of carbonyl (C=O) groups excluding carboxylic acids is 1. The molecule has 94 valence electrons. The Labute approximate surface area is 105 Å². The zero-order valence-electron chi connectivity index (χ0n) is 10.1. The van der Waals surface area contributed by atoms with Crippen molar-refractivity contribution in [1.29, 1.82) is 0 Å². The van der Waals surface area contributed by atoms with Crippen LogP contribution in [0, 0.1) is 0 Å². The van der Waals surface area contributed by atoms with E-state index in [1.165, 1.54) is 11.3 Å². The summed E-state index contributed by atoms with van der Waals surface area (Å²) in [5.74, 6) is 0.0323. The highest BCUT2D eigenvalue weighted by Crippen LogP contribution is 2.10. The fourth-order valence-corrected chi connectivity index (χ4v) is 2.46. The average molecular weight is 254 g/mol. The number of anilines is 1. The number of hydrogen-bond donors (Lipinski definition) is 1. The lowest BCUT2D eigenvalue weighted by atomic mass is 10.3. The lowest BCUT2D eigenvalue weighted by molar-refractivity contribution is -0.117. The van der Waals surface area contributed by atoms with E-state index in [1.807, 2.05) is 5.38 Å². The number of aromatic nitrogens is 1. The van der Waals surface area contributed by atoms with Gasteiger partial charge in [-0.05, 0) is 6.54 Å². The number of rotatable bonds is 4. The van der Waals surface area contributed by atoms with Crippen molar-refractivity contribution in [3.8, 4) is 0 Å². The summed E-state index contributed by atoms with van der Waals surface area (Å²) in [6, 6.07) is 0.